The fourth-order valence-electron chi connectivity index (χ4n) is 7.16. The van der Waals surface area contributed by atoms with E-state index in [1.165, 1.54) is 55.6 Å². The first-order valence-electron chi connectivity index (χ1n) is 13.1. The van der Waals surface area contributed by atoms with Crippen LogP contribution in [0.25, 0.3) is 32.7 Å². The van der Waals surface area contributed by atoms with Gasteiger partial charge < -0.3 is 18.9 Å². The number of fused-ring (bicyclic) bond motifs is 8. The zero-order valence-electron chi connectivity index (χ0n) is 20.3. The second kappa shape index (κ2) is 6.53. The topological polar surface area (TPSA) is 24.9 Å². The molecular weight excluding hydrogens is 466 g/mol. The van der Waals surface area contributed by atoms with Crippen molar-refractivity contribution in [2.45, 2.75) is 0 Å². The molecule has 0 saturated carbocycles. The minimum Gasteiger partial charge on any atom is -0.537 e. The molecule has 174 valence electrons. The van der Waals surface area contributed by atoms with Crippen LogP contribution in [0, 0.1) is 0 Å². The summed E-state index contributed by atoms with van der Waals surface area (Å²) >= 11 is 0. The van der Waals surface area contributed by atoms with Crippen LogP contribution in [-0.4, -0.2) is 14.1 Å². The van der Waals surface area contributed by atoms with Crippen LogP contribution in [-0.2, 0) is 0 Å². The first kappa shape index (κ1) is 19.3. The van der Waals surface area contributed by atoms with Crippen molar-refractivity contribution in [1.82, 2.24) is 0 Å². The molecule has 4 heterocycles. The van der Waals surface area contributed by atoms with Gasteiger partial charge >= 0.3 is 14.1 Å². The Morgan fingerprint density at radius 2 is 0.842 bits per heavy atom. The van der Waals surface area contributed by atoms with Gasteiger partial charge in [0.2, 0.25) is 0 Å². The summed E-state index contributed by atoms with van der Waals surface area (Å²) in [5, 5.41) is 4.71. The lowest BCUT2D eigenvalue weighted by Gasteiger charge is -2.47. The summed E-state index contributed by atoms with van der Waals surface area (Å²) in [6.07, 6.45) is 0. The standard InChI is InChI=1S/C32H18B2N2O2/c1-7-19-9-3-17-27-29(19)23(13-1)35-25-15-6-16-26-32(25)31-21(33(35)37-27)11-5-12-22(31)34-36(26)24-14-2-8-20-10-4-18-28(38-34)30(20)24/h1-18H. The molecule has 4 aliphatic rings. The molecule has 0 fully saturated rings. The fourth-order valence-corrected chi connectivity index (χ4v) is 7.16. The average molecular weight is 484 g/mol. The Labute approximate surface area is 219 Å². The smallest absolute Gasteiger partial charge is 0.524 e. The maximum atomic E-state index is 6.82. The number of hydrogen-bond acceptors (Lipinski definition) is 4. The molecule has 0 N–H and O–H groups in total. The van der Waals surface area contributed by atoms with Crippen molar-refractivity contribution < 1.29 is 9.31 Å². The maximum absolute atomic E-state index is 6.82. The van der Waals surface area contributed by atoms with Crippen molar-refractivity contribution in [2.75, 3.05) is 9.62 Å². The first-order valence-corrected chi connectivity index (χ1v) is 13.1. The minimum absolute atomic E-state index is 0.251. The summed E-state index contributed by atoms with van der Waals surface area (Å²) in [6.45, 7) is 0. The van der Waals surface area contributed by atoms with Gasteiger partial charge in [0.15, 0.2) is 0 Å². The number of anilines is 4. The summed E-state index contributed by atoms with van der Waals surface area (Å²) in [5.41, 5.74) is 9.53. The lowest BCUT2D eigenvalue weighted by atomic mass is 9.54. The lowest BCUT2D eigenvalue weighted by molar-refractivity contribution is 0.578. The molecule has 0 radical (unpaired) electrons. The van der Waals surface area contributed by atoms with Crippen LogP contribution in [0.5, 0.6) is 11.5 Å². The number of hydrogen-bond donors (Lipinski definition) is 0. The van der Waals surface area contributed by atoms with Crippen molar-refractivity contribution in [3.63, 3.8) is 0 Å². The van der Waals surface area contributed by atoms with Gasteiger partial charge in [-0.05, 0) is 63.7 Å². The van der Waals surface area contributed by atoms with Gasteiger partial charge in [-0.1, -0.05) is 72.8 Å². The van der Waals surface area contributed by atoms with Crippen molar-refractivity contribution in [2.24, 2.45) is 0 Å². The quantitative estimate of drug-likeness (QED) is 0.242. The molecule has 0 bridgehead atoms. The molecular formula is C32H18B2N2O2. The van der Waals surface area contributed by atoms with E-state index in [2.05, 4.69) is 119 Å². The molecule has 4 nitrogen and oxygen atoms in total. The maximum Gasteiger partial charge on any atom is 0.524 e. The van der Waals surface area contributed by atoms with Gasteiger partial charge in [0, 0.05) is 39.1 Å². The highest BCUT2D eigenvalue weighted by Crippen LogP contribution is 2.54. The van der Waals surface area contributed by atoms with Crippen molar-refractivity contribution in [3.05, 3.63) is 109 Å². The van der Waals surface area contributed by atoms with Crippen LogP contribution >= 0.6 is 0 Å². The summed E-state index contributed by atoms with van der Waals surface area (Å²) in [4.78, 5) is 4.78. The minimum atomic E-state index is -0.251. The predicted octanol–water partition coefficient (Wildman–Crippen LogP) is 6.14. The highest BCUT2D eigenvalue weighted by Gasteiger charge is 2.51. The van der Waals surface area contributed by atoms with E-state index in [1.54, 1.807) is 0 Å². The Morgan fingerprint density at radius 3 is 1.37 bits per heavy atom. The molecule has 0 aliphatic carbocycles. The van der Waals surface area contributed by atoms with Crippen LogP contribution in [0.4, 0.5) is 22.7 Å². The second-order valence-electron chi connectivity index (χ2n) is 10.4. The van der Waals surface area contributed by atoms with Gasteiger partial charge in [-0.2, -0.15) is 0 Å². The van der Waals surface area contributed by atoms with E-state index in [-0.39, 0.29) is 14.1 Å². The van der Waals surface area contributed by atoms with Crippen molar-refractivity contribution >= 4 is 69.3 Å². The molecule has 4 aliphatic heterocycles. The van der Waals surface area contributed by atoms with Crippen LogP contribution in [0.2, 0.25) is 0 Å². The summed E-state index contributed by atoms with van der Waals surface area (Å²) in [5.74, 6) is 1.87. The first-order chi connectivity index (χ1) is 18.9. The summed E-state index contributed by atoms with van der Waals surface area (Å²) < 4.78 is 13.6. The molecule has 6 aromatic rings. The molecule has 0 saturated heterocycles. The Kier molecular flexibility index (Phi) is 3.32. The van der Waals surface area contributed by atoms with Gasteiger partial charge in [0.25, 0.3) is 0 Å². The van der Waals surface area contributed by atoms with Gasteiger partial charge in [0.05, 0.1) is 0 Å². The van der Waals surface area contributed by atoms with E-state index in [4.69, 9.17) is 9.31 Å². The number of nitrogens with zero attached hydrogens (tertiary/aromatic N) is 2. The third kappa shape index (κ3) is 2.14. The Bertz CT molecular complexity index is 1890. The van der Waals surface area contributed by atoms with Gasteiger partial charge in [0.1, 0.15) is 11.5 Å². The lowest BCUT2D eigenvalue weighted by Crippen LogP contribution is -2.62. The van der Waals surface area contributed by atoms with Crippen LogP contribution in [0.1, 0.15) is 0 Å². The molecule has 38 heavy (non-hydrogen) atoms. The SMILES string of the molecule is c1cc2c3c(c1)B1Oc4cccc5cccc(c45)N1c1cccc(c1-3)N1B2Oc2cccc3cccc1c23. The highest BCUT2D eigenvalue weighted by molar-refractivity contribution is 6.82. The molecule has 6 aromatic carbocycles. The molecule has 0 unspecified atom stereocenters. The summed E-state index contributed by atoms with van der Waals surface area (Å²) in [6, 6.07) is 39.0. The molecule has 0 amide bonds. The molecule has 6 heteroatoms. The predicted molar refractivity (Wildman–Crippen MR) is 156 cm³/mol. The highest BCUT2D eigenvalue weighted by atomic mass is 16.5. The molecule has 0 aromatic heterocycles. The van der Waals surface area contributed by atoms with Gasteiger partial charge in [-0.25, -0.2) is 0 Å². The summed E-state index contributed by atoms with van der Waals surface area (Å²) in [7, 11) is -0.502. The Hall–Kier alpha value is -4.83. The van der Waals surface area contributed by atoms with Crippen LogP contribution < -0.4 is 29.9 Å². The van der Waals surface area contributed by atoms with E-state index < -0.39 is 0 Å². The molecule has 10 rings (SSSR count). The monoisotopic (exact) mass is 484 g/mol. The van der Waals surface area contributed by atoms with Gasteiger partial charge in [-0.3, -0.25) is 0 Å². The Morgan fingerprint density at radius 1 is 0.421 bits per heavy atom. The number of rotatable bonds is 0. The normalized spacial score (nSPS) is 15.1. The molecule has 0 atom stereocenters. The van der Waals surface area contributed by atoms with E-state index in [0.717, 1.165) is 22.3 Å². The van der Waals surface area contributed by atoms with Gasteiger partial charge in [-0.15, -0.1) is 0 Å². The zero-order chi connectivity index (χ0) is 24.5. The van der Waals surface area contributed by atoms with Crippen molar-refractivity contribution in [3.8, 4) is 22.6 Å². The number of benzene rings is 6. The zero-order valence-corrected chi connectivity index (χ0v) is 20.3. The van der Waals surface area contributed by atoms with E-state index in [9.17, 15) is 0 Å². The van der Waals surface area contributed by atoms with E-state index >= 15 is 0 Å². The Balaban J connectivity index is 1.32. The second-order valence-corrected chi connectivity index (χ2v) is 10.4. The third-order valence-electron chi connectivity index (χ3n) is 8.60. The van der Waals surface area contributed by atoms with E-state index in [0.29, 0.717) is 0 Å². The van der Waals surface area contributed by atoms with E-state index in [1.807, 2.05) is 0 Å². The molecule has 0 spiro atoms. The van der Waals surface area contributed by atoms with Crippen LogP contribution in [0.3, 0.4) is 0 Å². The van der Waals surface area contributed by atoms with Crippen LogP contribution in [0.15, 0.2) is 109 Å². The fraction of sp³-hybridized carbons (Fsp3) is 0. The third-order valence-corrected chi connectivity index (χ3v) is 8.60. The largest absolute Gasteiger partial charge is 0.537 e. The van der Waals surface area contributed by atoms with Crippen molar-refractivity contribution in [1.29, 1.82) is 0 Å². The average Bonchev–Trinajstić information content (AvgIpc) is 2.97.